The SMILES string of the molecule is CC[C@H](C)C(O)c1noc(-c2ccccc2)n1. The second kappa shape index (κ2) is 5.10. The van der Waals surface area contributed by atoms with E-state index in [0.29, 0.717) is 11.7 Å². The van der Waals surface area contributed by atoms with Crippen LogP contribution in [-0.4, -0.2) is 15.2 Å². The molecule has 0 radical (unpaired) electrons. The predicted octanol–water partition coefficient (Wildman–Crippen LogP) is 2.82. The van der Waals surface area contributed by atoms with Crippen molar-refractivity contribution in [2.45, 2.75) is 26.4 Å². The van der Waals surface area contributed by atoms with E-state index in [1.54, 1.807) is 0 Å². The minimum atomic E-state index is -0.666. The summed E-state index contributed by atoms with van der Waals surface area (Å²) in [5.41, 5.74) is 0.864. The maximum absolute atomic E-state index is 9.96. The molecule has 1 heterocycles. The van der Waals surface area contributed by atoms with Crippen LogP contribution < -0.4 is 0 Å². The lowest BCUT2D eigenvalue weighted by Gasteiger charge is -2.12. The van der Waals surface area contributed by atoms with Crippen LogP contribution in [0.5, 0.6) is 0 Å². The lowest BCUT2D eigenvalue weighted by molar-refractivity contribution is 0.104. The van der Waals surface area contributed by atoms with E-state index in [9.17, 15) is 5.11 Å². The Kier molecular flexibility index (Phi) is 3.54. The van der Waals surface area contributed by atoms with Gasteiger partial charge in [-0.3, -0.25) is 0 Å². The minimum Gasteiger partial charge on any atom is -0.385 e. The Morgan fingerprint density at radius 3 is 2.65 bits per heavy atom. The zero-order chi connectivity index (χ0) is 12.3. The highest BCUT2D eigenvalue weighted by atomic mass is 16.5. The zero-order valence-electron chi connectivity index (χ0n) is 10.00. The van der Waals surface area contributed by atoms with Gasteiger partial charge in [0.25, 0.3) is 5.89 Å². The van der Waals surface area contributed by atoms with Gasteiger partial charge >= 0.3 is 0 Å². The van der Waals surface area contributed by atoms with Crippen LogP contribution in [0.2, 0.25) is 0 Å². The van der Waals surface area contributed by atoms with E-state index in [2.05, 4.69) is 10.1 Å². The van der Waals surface area contributed by atoms with Gasteiger partial charge in [-0.1, -0.05) is 43.6 Å². The van der Waals surface area contributed by atoms with Crippen molar-refractivity contribution >= 4 is 0 Å². The average Bonchev–Trinajstić information content (AvgIpc) is 2.87. The van der Waals surface area contributed by atoms with E-state index in [-0.39, 0.29) is 5.92 Å². The third-order valence-corrected chi connectivity index (χ3v) is 2.91. The van der Waals surface area contributed by atoms with Crippen LogP contribution in [0.15, 0.2) is 34.9 Å². The van der Waals surface area contributed by atoms with Crippen LogP contribution in [0.4, 0.5) is 0 Å². The third kappa shape index (κ3) is 2.53. The largest absolute Gasteiger partial charge is 0.385 e. The number of aliphatic hydroxyl groups excluding tert-OH is 1. The number of nitrogens with zero attached hydrogens (tertiary/aromatic N) is 2. The molecule has 0 aliphatic carbocycles. The number of hydrogen-bond acceptors (Lipinski definition) is 4. The highest BCUT2D eigenvalue weighted by Crippen LogP contribution is 2.24. The first kappa shape index (κ1) is 11.8. The Morgan fingerprint density at radius 1 is 1.29 bits per heavy atom. The van der Waals surface area contributed by atoms with Gasteiger partial charge in [0.2, 0.25) is 5.82 Å². The standard InChI is InChI=1S/C13H16N2O2/c1-3-9(2)11(16)12-14-13(17-15-12)10-7-5-4-6-8-10/h4-9,11,16H,3H2,1-2H3/t9-,11?/m0/s1. The third-order valence-electron chi connectivity index (χ3n) is 2.91. The number of aliphatic hydroxyl groups is 1. The maximum atomic E-state index is 9.96. The van der Waals surface area contributed by atoms with Gasteiger partial charge in [-0.2, -0.15) is 4.98 Å². The highest BCUT2D eigenvalue weighted by molar-refractivity contribution is 5.52. The van der Waals surface area contributed by atoms with Crippen molar-refractivity contribution in [2.75, 3.05) is 0 Å². The molecule has 0 fully saturated rings. The summed E-state index contributed by atoms with van der Waals surface area (Å²) in [4.78, 5) is 4.22. The Bertz CT molecular complexity index is 467. The molecule has 1 aromatic heterocycles. The van der Waals surface area contributed by atoms with E-state index in [0.717, 1.165) is 12.0 Å². The van der Waals surface area contributed by atoms with Crippen molar-refractivity contribution in [3.8, 4) is 11.5 Å². The van der Waals surface area contributed by atoms with Crippen molar-refractivity contribution < 1.29 is 9.63 Å². The molecule has 1 aromatic carbocycles. The maximum Gasteiger partial charge on any atom is 0.258 e. The monoisotopic (exact) mass is 232 g/mol. The van der Waals surface area contributed by atoms with Crippen molar-refractivity contribution in [1.29, 1.82) is 0 Å². The summed E-state index contributed by atoms with van der Waals surface area (Å²) in [6.07, 6.45) is 0.206. The first-order valence-corrected chi connectivity index (χ1v) is 5.79. The summed E-state index contributed by atoms with van der Waals surface area (Å²) >= 11 is 0. The fraction of sp³-hybridized carbons (Fsp3) is 0.385. The van der Waals surface area contributed by atoms with Gasteiger partial charge in [-0.25, -0.2) is 0 Å². The summed E-state index contributed by atoms with van der Waals surface area (Å²) in [6, 6.07) is 9.53. The van der Waals surface area contributed by atoms with E-state index in [4.69, 9.17) is 4.52 Å². The molecule has 0 aliphatic rings. The number of hydrogen-bond donors (Lipinski definition) is 1. The number of aromatic nitrogens is 2. The highest BCUT2D eigenvalue weighted by Gasteiger charge is 2.21. The molecule has 0 spiro atoms. The molecule has 90 valence electrons. The van der Waals surface area contributed by atoms with Crippen LogP contribution >= 0.6 is 0 Å². The topological polar surface area (TPSA) is 59.2 Å². The van der Waals surface area contributed by atoms with Gasteiger partial charge in [-0.05, 0) is 18.1 Å². The Balaban J connectivity index is 2.22. The van der Waals surface area contributed by atoms with Crippen LogP contribution in [0.25, 0.3) is 11.5 Å². The summed E-state index contributed by atoms with van der Waals surface area (Å²) in [5, 5.41) is 13.8. The smallest absolute Gasteiger partial charge is 0.258 e. The van der Waals surface area contributed by atoms with Crippen molar-refractivity contribution in [1.82, 2.24) is 10.1 Å². The Hall–Kier alpha value is -1.68. The Labute approximate surface area is 100 Å². The van der Waals surface area contributed by atoms with E-state index < -0.39 is 6.10 Å². The summed E-state index contributed by atoms with van der Waals surface area (Å²) < 4.78 is 5.15. The second-order valence-corrected chi connectivity index (χ2v) is 4.15. The first-order chi connectivity index (χ1) is 8.22. The molecule has 2 atom stereocenters. The molecule has 0 aliphatic heterocycles. The molecule has 1 N–H and O–H groups in total. The molecule has 2 rings (SSSR count). The van der Waals surface area contributed by atoms with Crippen LogP contribution in [0, 0.1) is 5.92 Å². The summed E-state index contributed by atoms with van der Waals surface area (Å²) in [7, 11) is 0. The lowest BCUT2D eigenvalue weighted by Crippen LogP contribution is -2.09. The van der Waals surface area contributed by atoms with Crippen molar-refractivity contribution in [3.05, 3.63) is 36.2 Å². The number of benzene rings is 1. The normalized spacial score (nSPS) is 14.5. The molecule has 1 unspecified atom stereocenters. The van der Waals surface area contributed by atoms with Gasteiger partial charge in [0.1, 0.15) is 6.10 Å². The average molecular weight is 232 g/mol. The van der Waals surface area contributed by atoms with Gasteiger partial charge in [0.05, 0.1) is 0 Å². The molecular formula is C13H16N2O2. The predicted molar refractivity (Wildman–Crippen MR) is 64.1 cm³/mol. The molecule has 17 heavy (non-hydrogen) atoms. The summed E-state index contributed by atoms with van der Waals surface area (Å²) in [5.74, 6) is 0.928. The van der Waals surface area contributed by atoms with Crippen LogP contribution in [-0.2, 0) is 0 Å². The van der Waals surface area contributed by atoms with Gasteiger partial charge < -0.3 is 9.63 Å². The molecule has 4 nitrogen and oxygen atoms in total. The Morgan fingerprint density at radius 2 is 2.00 bits per heavy atom. The molecule has 0 saturated heterocycles. The van der Waals surface area contributed by atoms with Gasteiger partial charge in [0.15, 0.2) is 0 Å². The first-order valence-electron chi connectivity index (χ1n) is 5.79. The van der Waals surface area contributed by atoms with E-state index in [1.807, 2.05) is 44.2 Å². The fourth-order valence-electron chi connectivity index (χ4n) is 1.53. The lowest BCUT2D eigenvalue weighted by atomic mass is 10.0. The molecule has 0 bridgehead atoms. The second-order valence-electron chi connectivity index (χ2n) is 4.15. The van der Waals surface area contributed by atoms with Crippen LogP contribution in [0.1, 0.15) is 32.2 Å². The molecule has 4 heteroatoms. The van der Waals surface area contributed by atoms with Crippen LogP contribution in [0.3, 0.4) is 0 Å². The minimum absolute atomic E-state index is 0.122. The van der Waals surface area contributed by atoms with Crippen molar-refractivity contribution in [3.63, 3.8) is 0 Å². The summed E-state index contributed by atoms with van der Waals surface area (Å²) in [6.45, 7) is 3.98. The van der Waals surface area contributed by atoms with Gasteiger partial charge in [0, 0.05) is 5.56 Å². The molecule has 0 saturated carbocycles. The zero-order valence-corrected chi connectivity index (χ0v) is 10.00. The fourth-order valence-corrected chi connectivity index (χ4v) is 1.53. The van der Waals surface area contributed by atoms with Crippen molar-refractivity contribution in [2.24, 2.45) is 5.92 Å². The number of rotatable bonds is 4. The van der Waals surface area contributed by atoms with Gasteiger partial charge in [-0.15, -0.1) is 0 Å². The quantitative estimate of drug-likeness (QED) is 0.880. The molecule has 0 amide bonds. The molecular weight excluding hydrogens is 216 g/mol. The van der Waals surface area contributed by atoms with E-state index in [1.165, 1.54) is 0 Å². The van der Waals surface area contributed by atoms with E-state index >= 15 is 0 Å². The molecule has 2 aromatic rings.